The van der Waals surface area contributed by atoms with Crippen molar-refractivity contribution in [2.24, 2.45) is 62.6 Å². The first-order valence-corrected chi connectivity index (χ1v) is 14.7. The van der Waals surface area contributed by atoms with Gasteiger partial charge in [0.1, 0.15) is 0 Å². The van der Waals surface area contributed by atoms with Crippen LogP contribution >= 0.6 is 0 Å². The molecule has 0 spiro atoms. The van der Waals surface area contributed by atoms with Gasteiger partial charge in [-0.05, 0) is 114 Å². The summed E-state index contributed by atoms with van der Waals surface area (Å²) in [6, 6.07) is 0. The molecular weight excluding hydrogens is 412 g/mol. The van der Waals surface area contributed by atoms with Crippen LogP contribution in [0.15, 0.2) is 11.6 Å². The molecule has 0 saturated heterocycles. The monoisotopic (exact) mass is 468 g/mol. The molecule has 0 N–H and O–H groups in total. The van der Waals surface area contributed by atoms with Crippen LogP contribution in [0.4, 0.5) is 0 Å². The largest absolute Gasteiger partial charge is 0.295 e. The van der Waals surface area contributed by atoms with Gasteiger partial charge in [0.2, 0.25) is 0 Å². The van der Waals surface area contributed by atoms with Crippen LogP contribution < -0.4 is 0 Å². The normalized spacial score (nSPS) is 45.8. The second-order valence-corrected chi connectivity index (χ2v) is 16.1. The molecule has 2 unspecified atom stereocenters. The zero-order chi connectivity index (χ0) is 25.5. The molecule has 0 radical (unpaired) electrons. The Morgan fingerprint density at radius 2 is 1.62 bits per heavy atom. The molecule has 4 rings (SSSR count). The quantitative estimate of drug-likeness (QED) is 0.401. The van der Waals surface area contributed by atoms with E-state index in [9.17, 15) is 4.79 Å². The fraction of sp³-hybridized carbons (Fsp3) is 0.909. The minimum absolute atomic E-state index is 0.172. The molecule has 4 aliphatic carbocycles. The second-order valence-electron chi connectivity index (χ2n) is 16.1. The predicted molar refractivity (Wildman–Crippen MR) is 146 cm³/mol. The number of hydrogen-bond donors (Lipinski definition) is 0. The van der Waals surface area contributed by atoms with Gasteiger partial charge in [-0.25, -0.2) is 0 Å². The van der Waals surface area contributed by atoms with E-state index >= 15 is 0 Å². The third-order valence-corrected chi connectivity index (χ3v) is 13.1. The number of fused-ring (bicyclic) bond motifs is 5. The smallest absolute Gasteiger partial charge is 0.159 e. The Balaban J connectivity index is 1.67. The van der Waals surface area contributed by atoms with Gasteiger partial charge in [0.25, 0.3) is 0 Å². The number of carbonyl (C=O) groups is 1. The second kappa shape index (κ2) is 8.21. The first kappa shape index (κ1) is 26.5. The van der Waals surface area contributed by atoms with Gasteiger partial charge < -0.3 is 0 Å². The van der Waals surface area contributed by atoms with Crippen LogP contribution in [0, 0.1) is 62.6 Å². The van der Waals surface area contributed by atoms with Gasteiger partial charge in [-0.3, -0.25) is 4.79 Å². The van der Waals surface area contributed by atoms with E-state index in [2.05, 4.69) is 82.2 Å². The Labute approximate surface area is 212 Å². The third kappa shape index (κ3) is 3.72. The molecule has 3 saturated carbocycles. The van der Waals surface area contributed by atoms with E-state index in [1.54, 1.807) is 5.57 Å². The van der Waals surface area contributed by atoms with Gasteiger partial charge in [0.15, 0.2) is 5.78 Å². The third-order valence-electron chi connectivity index (χ3n) is 13.1. The van der Waals surface area contributed by atoms with Crippen LogP contribution in [-0.2, 0) is 4.79 Å². The minimum Gasteiger partial charge on any atom is -0.295 e. The SMILES string of the molecule is CC1[C@H]2C(=O)C=C3C(CC[C@]4(C)[C@@H](C(C)(C)[C@H](C)CCC(C)(C)C)CC[C@@]34C)[C@@]2(C)CC[C@@H]1C. The van der Waals surface area contributed by atoms with Crippen molar-refractivity contribution in [2.75, 3.05) is 0 Å². The Kier molecular flexibility index (Phi) is 6.39. The number of ketones is 1. The average molecular weight is 469 g/mol. The first-order valence-electron chi connectivity index (χ1n) is 14.7. The maximum absolute atomic E-state index is 13.8. The Bertz CT molecular complexity index is 841. The van der Waals surface area contributed by atoms with E-state index < -0.39 is 0 Å². The summed E-state index contributed by atoms with van der Waals surface area (Å²) < 4.78 is 0. The van der Waals surface area contributed by atoms with Crippen molar-refractivity contribution in [1.82, 2.24) is 0 Å². The van der Waals surface area contributed by atoms with E-state index in [0.717, 1.165) is 11.8 Å². The zero-order valence-corrected chi connectivity index (χ0v) is 24.6. The molecule has 34 heavy (non-hydrogen) atoms. The molecule has 194 valence electrons. The molecule has 3 fully saturated rings. The van der Waals surface area contributed by atoms with Gasteiger partial charge in [0, 0.05) is 5.92 Å². The zero-order valence-electron chi connectivity index (χ0n) is 24.6. The summed E-state index contributed by atoms with van der Waals surface area (Å²) in [6.07, 6.45) is 12.6. The van der Waals surface area contributed by atoms with Gasteiger partial charge in [-0.1, -0.05) is 81.7 Å². The highest BCUT2D eigenvalue weighted by atomic mass is 16.1. The molecule has 0 aromatic rings. The fourth-order valence-electron chi connectivity index (χ4n) is 9.94. The van der Waals surface area contributed by atoms with Crippen molar-refractivity contribution in [2.45, 2.75) is 128 Å². The summed E-state index contributed by atoms with van der Waals surface area (Å²) in [5.41, 5.74) is 2.96. The predicted octanol–water partition coefficient (Wildman–Crippen LogP) is 9.51. The van der Waals surface area contributed by atoms with Crippen LogP contribution in [0.25, 0.3) is 0 Å². The van der Waals surface area contributed by atoms with Crippen LogP contribution in [-0.4, -0.2) is 5.78 Å². The Morgan fingerprint density at radius 3 is 2.24 bits per heavy atom. The molecule has 4 aliphatic rings. The Morgan fingerprint density at radius 1 is 0.971 bits per heavy atom. The average Bonchev–Trinajstić information content (AvgIpc) is 3.01. The van der Waals surface area contributed by atoms with Crippen LogP contribution in [0.3, 0.4) is 0 Å². The number of carbonyl (C=O) groups excluding carboxylic acids is 1. The summed E-state index contributed by atoms with van der Waals surface area (Å²) in [5, 5.41) is 0. The fourth-order valence-corrected chi connectivity index (χ4v) is 9.94. The van der Waals surface area contributed by atoms with Crippen LogP contribution in [0.1, 0.15) is 128 Å². The van der Waals surface area contributed by atoms with Crippen LogP contribution in [0.5, 0.6) is 0 Å². The summed E-state index contributed by atoms with van der Waals surface area (Å²) in [7, 11) is 0. The minimum atomic E-state index is 0.172. The Hall–Kier alpha value is -0.590. The molecule has 9 atom stereocenters. The lowest BCUT2D eigenvalue weighted by atomic mass is 9.41. The first-order chi connectivity index (χ1) is 15.5. The summed E-state index contributed by atoms with van der Waals surface area (Å²) in [4.78, 5) is 13.8. The molecule has 0 aromatic heterocycles. The lowest BCUT2D eigenvalue weighted by Crippen LogP contribution is -2.57. The highest BCUT2D eigenvalue weighted by molar-refractivity contribution is 5.95. The van der Waals surface area contributed by atoms with Crippen LogP contribution in [0.2, 0.25) is 0 Å². The van der Waals surface area contributed by atoms with Crippen molar-refractivity contribution in [3.8, 4) is 0 Å². The highest BCUT2D eigenvalue weighted by Crippen LogP contribution is 2.74. The van der Waals surface area contributed by atoms with Crippen molar-refractivity contribution < 1.29 is 4.79 Å². The van der Waals surface area contributed by atoms with Crippen molar-refractivity contribution in [3.63, 3.8) is 0 Å². The number of rotatable bonds is 4. The van der Waals surface area contributed by atoms with Gasteiger partial charge in [0.05, 0.1) is 0 Å². The maximum Gasteiger partial charge on any atom is 0.159 e. The van der Waals surface area contributed by atoms with Crippen molar-refractivity contribution in [1.29, 1.82) is 0 Å². The number of hydrogen-bond acceptors (Lipinski definition) is 1. The van der Waals surface area contributed by atoms with Crippen molar-refractivity contribution >= 4 is 5.78 Å². The highest BCUT2D eigenvalue weighted by Gasteiger charge is 2.66. The van der Waals surface area contributed by atoms with Gasteiger partial charge >= 0.3 is 0 Å². The summed E-state index contributed by atoms with van der Waals surface area (Å²) in [6.45, 7) is 27.3. The standard InChI is InChI=1S/C33H56O/c1-21-12-17-31(9)24-14-18-33(11)27(30(7,8)22(2)13-16-29(4,5)6)15-19-32(33,10)25(24)20-26(34)28(31)23(21)3/h20-24,27-28H,12-19H2,1-11H3/t21-,22+,23?,24?,27+,28-,31+,32-,33+/m0/s1. The molecule has 0 aromatic carbocycles. The lowest BCUT2D eigenvalue weighted by Gasteiger charge is -2.63. The molecule has 0 amide bonds. The molecular formula is C33H56O. The molecule has 0 aliphatic heterocycles. The lowest BCUT2D eigenvalue weighted by molar-refractivity contribution is -0.137. The molecule has 1 nitrogen and oxygen atoms in total. The van der Waals surface area contributed by atoms with E-state index in [-0.39, 0.29) is 16.7 Å². The van der Waals surface area contributed by atoms with Gasteiger partial charge in [-0.2, -0.15) is 0 Å². The molecule has 0 bridgehead atoms. The number of allylic oxidation sites excluding steroid dienone is 2. The summed E-state index contributed by atoms with van der Waals surface area (Å²) in [5.74, 6) is 3.97. The summed E-state index contributed by atoms with van der Waals surface area (Å²) >= 11 is 0. The van der Waals surface area contributed by atoms with E-state index in [1.807, 2.05) is 0 Å². The topological polar surface area (TPSA) is 17.1 Å². The molecule has 0 heterocycles. The van der Waals surface area contributed by atoms with E-state index in [4.69, 9.17) is 0 Å². The van der Waals surface area contributed by atoms with Crippen molar-refractivity contribution in [3.05, 3.63) is 11.6 Å². The van der Waals surface area contributed by atoms with Gasteiger partial charge in [-0.15, -0.1) is 0 Å². The maximum atomic E-state index is 13.8. The van der Waals surface area contributed by atoms with E-state index in [1.165, 1.54) is 51.4 Å². The van der Waals surface area contributed by atoms with E-state index in [0.29, 0.717) is 39.8 Å². The molecule has 1 heteroatoms.